The summed E-state index contributed by atoms with van der Waals surface area (Å²) in [5, 5.41) is 42.0. The van der Waals surface area contributed by atoms with Gasteiger partial charge in [0.2, 0.25) is 0 Å². The van der Waals surface area contributed by atoms with Gasteiger partial charge in [-0.05, 0) is 72.2 Å². The Bertz CT molecular complexity index is 1380. The summed E-state index contributed by atoms with van der Waals surface area (Å²) in [6, 6.07) is 13.6. The Morgan fingerprint density at radius 3 is 1.63 bits per heavy atom. The molecule has 214 valence electrons. The average molecular weight is 562 g/mol. The van der Waals surface area contributed by atoms with Gasteiger partial charge in [-0.2, -0.15) is 0 Å². The zero-order valence-corrected chi connectivity index (χ0v) is 22.6. The molecule has 5 N–H and O–H groups in total. The van der Waals surface area contributed by atoms with Crippen LogP contribution in [0, 0.1) is 5.92 Å². The number of methoxy groups -OCH3 is 2. The molecule has 10 heteroatoms. The van der Waals surface area contributed by atoms with E-state index in [-0.39, 0.29) is 28.6 Å². The third kappa shape index (κ3) is 8.04. The van der Waals surface area contributed by atoms with Crippen LogP contribution in [0.1, 0.15) is 40.0 Å². The van der Waals surface area contributed by atoms with Crippen molar-refractivity contribution in [2.75, 3.05) is 14.2 Å². The van der Waals surface area contributed by atoms with E-state index in [0.717, 1.165) is 0 Å². The summed E-state index contributed by atoms with van der Waals surface area (Å²) in [4.78, 5) is 38.6. The second kappa shape index (κ2) is 13.9. The van der Waals surface area contributed by atoms with Crippen LogP contribution in [0.5, 0.6) is 23.0 Å². The lowest BCUT2D eigenvalue weighted by atomic mass is 9.84. The molecule has 0 aliphatic rings. The number of carbonyl (C=O) groups is 3. The van der Waals surface area contributed by atoms with E-state index in [4.69, 9.17) is 9.47 Å². The van der Waals surface area contributed by atoms with Crippen molar-refractivity contribution >= 4 is 29.7 Å². The molecule has 2 unspecified atom stereocenters. The minimum absolute atomic E-state index is 0.0149. The van der Waals surface area contributed by atoms with E-state index in [2.05, 4.69) is 5.32 Å². The van der Waals surface area contributed by atoms with Crippen LogP contribution in [0.25, 0.3) is 12.2 Å². The molecule has 0 aromatic heterocycles. The summed E-state index contributed by atoms with van der Waals surface area (Å²) < 4.78 is 10.2. The van der Waals surface area contributed by atoms with Crippen molar-refractivity contribution in [1.29, 1.82) is 0 Å². The summed E-state index contributed by atoms with van der Waals surface area (Å²) in [5.41, 5.74) is 1.47. The number of carbonyl (C=O) groups excluding carboxylic acids is 2. The van der Waals surface area contributed by atoms with Crippen LogP contribution in [0.2, 0.25) is 0 Å². The Balaban J connectivity index is 2.04. The number of phenols is 2. The molecule has 0 saturated heterocycles. The predicted molar refractivity (Wildman–Crippen MR) is 152 cm³/mol. The quantitative estimate of drug-likeness (QED) is 0.117. The fraction of sp³-hybridized carbons (Fsp3) is 0.194. The number of aliphatic hydroxyl groups excluding tert-OH is 1. The molecule has 0 bridgehead atoms. The molecule has 10 nitrogen and oxygen atoms in total. The highest BCUT2D eigenvalue weighted by Crippen LogP contribution is 2.30. The molecule has 2 atom stereocenters. The van der Waals surface area contributed by atoms with E-state index in [1.165, 1.54) is 94.0 Å². The zero-order valence-electron chi connectivity index (χ0n) is 22.6. The maximum Gasteiger partial charge on any atom is 0.335 e. The lowest BCUT2D eigenvalue weighted by Gasteiger charge is -2.27. The van der Waals surface area contributed by atoms with Crippen molar-refractivity contribution in [3.8, 4) is 23.0 Å². The normalized spacial score (nSPS) is 12.9. The van der Waals surface area contributed by atoms with Crippen LogP contribution in [-0.2, 0) is 9.59 Å². The number of ketones is 2. The summed E-state index contributed by atoms with van der Waals surface area (Å²) in [6.45, 7) is 1.43. The second-order valence-corrected chi connectivity index (χ2v) is 9.06. The van der Waals surface area contributed by atoms with Crippen molar-refractivity contribution in [3.63, 3.8) is 0 Å². The summed E-state index contributed by atoms with van der Waals surface area (Å²) in [6.07, 6.45) is 4.23. The number of aromatic carboxylic acids is 1. The van der Waals surface area contributed by atoms with Gasteiger partial charge in [0.25, 0.3) is 0 Å². The van der Waals surface area contributed by atoms with Gasteiger partial charge in [0.05, 0.1) is 25.8 Å². The molecular formula is C31H31NO9. The molecule has 0 aliphatic heterocycles. The summed E-state index contributed by atoms with van der Waals surface area (Å²) in [5.74, 6) is -3.47. The number of allylic oxidation sites excluding steroid dienone is 2. The highest BCUT2D eigenvalue weighted by Gasteiger charge is 2.34. The summed E-state index contributed by atoms with van der Waals surface area (Å²) in [7, 11) is 2.78. The highest BCUT2D eigenvalue weighted by atomic mass is 16.5. The number of aliphatic hydroxyl groups is 1. The standard InChI is InChI=1S/C31H31NO9/c1-18(33)32-30(21-8-10-22(11-9-21)31(38)39)29(25(36)14-6-19-4-12-23(34)27(16-19)40-2)26(37)15-7-20-5-13-24(35)28(17-20)41-3/h4-18,29-30,32-35H,1-3H3,(H,38,39)/b14-6+,15-7+. The van der Waals surface area contributed by atoms with E-state index >= 15 is 0 Å². The van der Waals surface area contributed by atoms with Crippen molar-refractivity contribution in [3.05, 3.63) is 95.1 Å². The van der Waals surface area contributed by atoms with Crippen molar-refractivity contribution in [2.24, 2.45) is 5.92 Å². The van der Waals surface area contributed by atoms with Crippen LogP contribution in [0.15, 0.2) is 72.8 Å². The minimum atomic E-state index is -1.37. The number of rotatable bonds is 13. The van der Waals surface area contributed by atoms with Crippen molar-refractivity contribution in [1.82, 2.24) is 5.32 Å². The maximum atomic E-state index is 13.6. The molecule has 0 aliphatic carbocycles. The fourth-order valence-corrected chi connectivity index (χ4v) is 4.11. The topological polar surface area (TPSA) is 163 Å². The number of carboxylic acids is 1. The molecule has 0 radical (unpaired) electrons. The first kappa shape index (κ1) is 30.6. The Morgan fingerprint density at radius 1 is 0.780 bits per heavy atom. The molecule has 0 saturated carbocycles. The molecular weight excluding hydrogens is 530 g/mol. The molecule has 3 rings (SSSR count). The molecule has 0 amide bonds. The van der Waals surface area contributed by atoms with Gasteiger partial charge < -0.3 is 29.9 Å². The lowest BCUT2D eigenvalue weighted by molar-refractivity contribution is -0.129. The number of benzene rings is 3. The van der Waals surface area contributed by atoms with E-state index < -0.39 is 35.7 Å². The molecule has 0 heterocycles. The molecule has 0 fully saturated rings. The van der Waals surface area contributed by atoms with Gasteiger partial charge >= 0.3 is 5.97 Å². The first-order valence-corrected chi connectivity index (χ1v) is 12.5. The van der Waals surface area contributed by atoms with Gasteiger partial charge in [0, 0.05) is 0 Å². The van der Waals surface area contributed by atoms with Crippen LogP contribution in [0.3, 0.4) is 0 Å². The maximum absolute atomic E-state index is 13.6. The van der Waals surface area contributed by atoms with E-state index in [0.29, 0.717) is 16.7 Å². The second-order valence-electron chi connectivity index (χ2n) is 9.06. The number of carboxylic acid groups (broad SMARTS) is 1. The van der Waals surface area contributed by atoms with Crippen LogP contribution in [0.4, 0.5) is 0 Å². The predicted octanol–water partition coefficient (Wildman–Crippen LogP) is 3.96. The molecule has 41 heavy (non-hydrogen) atoms. The Morgan fingerprint density at radius 2 is 1.24 bits per heavy atom. The van der Waals surface area contributed by atoms with Gasteiger partial charge in [-0.1, -0.05) is 36.4 Å². The third-order valence-corrected chi connectivity index (χ3v) is 6.17. The number of ether oxygens (including phenoxy) is 2. The Hall–Kier alpha value is -4.93. The molecule has 0 spiro atoms. The average Bonchev–Trinajstić information content (AvgIpc) is 2.95. The SMILES string of the molecule is COc1cc(/C=C/C(=O)C(C(=O)/C=C/c2ccc(O)c(OC)c2)C(NC(C)O)c2ccc(C(=O)O)cc2)ccc1O. The molecule has 3 aromatic rings. The van der Waals surface area contributed by atoms with Gasteiger partial charge in [0.15, 0.2) is 34.6 Å². The highest BCUT2D eigenvalue weighted by molar-refractivity contribution is 6.14. The first-order chi connectivity index (χ1) is 19.5. The Labute approximate surface area is 236 Å². The van der Waals surface area contributed by atoms with Crippen LogP contribution >= 0.6 is 0 Å². The zero-order chi connectivity index (χ0) is 30.1. The lowest BCUT2D eigenvalue weighted by Crippen LogP contribution is -2.40. The number of phenolic OH excluding ortho intramolecular Hbond substituents is 2. The van der Waals surface area contributed by atoms with Crippen LogP contribution < -0.4 is 14.8 Å². The number of nitrogens with one attached hydrogen (secondary N) is 1. The number of aromatic hydroxyl groups is 2. The van der Waals surface area contributed by atoms with Crippen molar-refractivity contribution in [2.45, 2.75) is 19.2 Å². The van der Waals surface area contributed by atoms with Gasteiger partial charge in [-0.25, -0.2) is 4.79 Å². The van der Waals surface area contributed by atoms with Crippen molar-refractivity contribution < 1.29 is 44.3 Å². The number of hydrogen-bond donors (Lipinski definition) is 5. The third-order valence-electron chi connectivity index (χ3n) is 6.17. The first-order valence-electron chi connectivity index (χ1n) is 12.5. The smallest absolute Gasteiger partial charge is 0.335 e. The minimum Gasteiger partial charge on any atom is -0.504 e. The van der Waals surface area contributed by atoms with Crippen LogP contribution in [-0.4, -0.2) is 58.4 Å². The number of hydrogen-bond acceptors (Lipinski definition) is 9. The van der Waals surface area contributed by atoms with Gasteiger partial charge in [-0.3, -0.25) is 14.9 Å². The largest absolute Gasteiger partial charge is 0.504 e. The van der Waals surface area contributed by atoms with E-state index in [9.17, 15) is 34.8 Å². The molecule has 3 aromatic carbocycles. The van der Waals surface area contributed by atoms with Gasteiger partial charge in [-0.15, -0.1) is 0 Å². The summed E-state index contributed by atoms with van der Waals surface area (Å²) >= 11 is 0. The van der Waals surface area contributed by atoms with E-state index in [1.807, 2.05) is 0 Å². The van der Waals surface area contributed by atoms with E-state index in [1.54, 1.807) is 12.1 Å². The fourth-order valence-electron chi connectivity index (χ4n) is 4.11. The monoisotopic (exact) mass is 561 g/mol. The Kier molecular flexibility index (Phi) is 10.4. The van der Waals surface area contributed by atoms with Gasteiger partial charge in [0.1, 0.15) is 12.1 Å².